The predicted octanol–water partition coefficient (Wildman–Crippen LogP) is 3.73. The summed E-state index contributed by atoms with van der Waals surface area (Å²) >= 11 is 11.0. The average Bonchev–Trinajstić information content (AvgIpc) is 2.52. The van der Waals surface area contributed by atoms with E-state index < -0.39 is 0 Å². The van der Waals surface area contributed by atoms with Crippen LogP contribution in [0.3, 0.4) is 0 Å². The van der Waals surface area contributed by atoms with Crippen LogP contribution >= 0.6 is 23.8 Å². The molecule has 21 heavy (non-hydrogen) atoms. The Kier molecular flexibility index (Phi) is 5.72. The van der Waals surface area contributed by atoms with Gasteiger partial charge in [-0.15, -0.1) is 0 Å². The van der Waals surface area contributed by atoms with Gasteiger partial charge in [0, 0.05) is 11.6 Å². The number of nitrogens with zero attached hydrogens (tertiary/aromatic N) is 1. The van der Waals surface area contributed by atoms with Crippen LogP contribution in [0.25, 0.3) is 0 Å². The van der Waals surface area contributed by atoms with E-state index in [1.165, 1.54) is 5.56 Å². The Morgan fingerprint density at radius 1 is 1.10 bits per heavy atom. The summed E-state index contributed by atoms with van der Waals surface area (Å²) < 4.78 is 0. The maximum atomic E-state index is 5.86. The highest BCUT2D eigenvalue weighted by Gasteiger charge is 1.99. The molecular formula is C16H16ClN3S. The van der Waals surface area contributed by atoms with Gasteiger partial charge < -0.3 is 5.32 Å². The number of hydrogen-bond acceptors (Lipinski definition) is 2. The lowest BCUT2D eigenvalue weighted by Crippen LogP contribution is -2.32. The van der Waals surface area contributed by atoms with Crippen molar-refractivity contribution in [2.45, 2.75) is 13.5 Å². The van der Waals surface area contributed by atoms with Crippen LogP contribution in [0.5, 0.6) is 0 Å². The van der Waals surface area contributed by atoms with Crippen LogP contribution < -0.4 is 10.7 Å². The first-order valence-electron chi connectivity index (χ1n) is 6.53. The first-order chi connectivity index (χ1) is 10.1. The van der Waals surface area contributed by atoms with Gasteiger partial charge in [0.15, 0.2) is 5.11 Å². The minimum absolute atomic E-state index is 0.493. The van der Waals surface area contributed by atoms with E-state index in [9.17, 15) is 0 Å². The number of hydrazone groups is 1. The van der Waals surface area contributed by atoms with Crippen LogP contribution in [0.1, 0.15) is 18.1 Å². The first-order valence-corrected chi connectivity index (χ1v) is 7.32. The number of halogens is 1. The van der Waals surface area contributed by atoms with E-state index in [1.807, 2.05) is 61.5 Å². The Labute approximate surface area is 135 Å². The zero-order valence-electron chi connectivity index (χ0n) is 11.6. The average molecular weight is 318 g/mol. The fourth-order valence-corrected chi connectivity index (χ4v) is 1.95. The molecule has 5 heteroatoms. The zero-order chi connectivity index (χ0) is 15.1. The molecule has 0 atom stereocenters. The van der Waals surface area contributed by atoms with Crippen molar-refractivity contribution < 1.29 is 0 Å². The largest absolute Gasteiger partial charge is 0.357 e. The Morgan fingerprint density at radius 3 is 2.43 bits per heavy atom. The van der Waals surface area contributed by atoms with Crippen molar-refractivity contribution in [2.24, 2.45) is 5.10 Å². The normalized spacial score (nSPS) is 11.0. The SMILES string of the molecule is C/C(=N/NC(=S)NCc1ccccc1)c1ccc(Cl)cc1. The number of nitrogens with one attached hydrogen (secondary N) is 2. The van der Waals surface area contributed by atoms with E-state index >= 15 is 0 Å². The molecule has 0 heterocycles. The molecule has 3 nitrogen and oxygen atoms in total. The Bertz CT molecular complexity index is 624. The molecule has 2 N–H and O–H groups in total. The van der Waals surface area contributed by atoms with Gasteiger partial charge in [-0.2, -0.15) is 5.10 Å². The summed E-state index contributed by atoms with van der Waals surface area (Å²) in [6, 6.07) is 17.6. The molecule has 0 bridgehead atoms. The first kappa shape index (κ1) is 15.5. The molecule has 0 aliphatic carbocycles. The third-order valence-electron chi connectivity index (χ3n) is 2.88. The molecule has 108 valence electrons. The van der Waals surface area contributed by atoms with Crippen molar-refractivity contribution in [3.63, 3.8) is 0 Å². The predicted molar refractivity (Wildman–Crippen MR) is 92.7 cm³/mol. The molecule has 0 saturated carbocycles. The monoisotopic (exact) mass is 317 g/mol. The zero-order valence-corrected chi connectivity index (χ0v) is 13.2. The van der Waals surface area contributed by atoms with Crippen LogP contribution in [0, 0.1) is 0 Å². The molecule has 2 aromatic rings. The van der Waals surface area contributed by atoms with E-state index in [4.69, 9.17) is 23.8 Å². The molecule has 0 aliphatic rings. The number of hydrogen-bond donors (Lipinski definition) is 2. The van der Waals surface area contributed by atoms with Gasteiger partial charge in [-0.25, -0.2) is 0 Å². The van der Waals surface area contributed by atoms with Crippen LogP contribution in [0.15, 0.2) is 59.7 Å². The quantitative estimate of drug-likeness (QED) is 0.512. The lowest BCUT2D eigenvalue weighted by molar-refractivity contribution is 0.866. The molecule has 0 aromatic heterocycles. The van der Waals surface area contributed by atoms with E-state index in [1.54, 1.807) is 0 Å². The molecule has 0 amide bonds. The minimum atomic E-state index is 0.493. The Morgan fingerprint density at radius 2 is 1.76 bits per heavy atom. The van der Waals surface area contributed by atoms with E-state index in [2.05, 4.69) is 15.8 Å². The van der Waals surface area contributed by atoms with Crippen molar-refractivity contribution in [1.29, 1.82) is 0 Å². The topological polar surface area (TPSA) is 36.4 Å². The van der Waals surface area contributed by atoms with Gasteiger partial charge >= 0.3 is 0 Å². The van der Waals surface area contributed by atoms with Gasteiger partial charge in [-0.05, 0) is 42.4 Å². The highest BCUT2D eigenvalue weighted by Crippen LogP contribution is 2.10. The summed E-state index contributed by atoms with van der Waals surface area (Å²) in [5.74, 6) is 0. The smallest absolute Gasteiger partial charge is 0.187 e. The lowest BCUT2D eigenvalue weighted by Gasteiger charge is -2.08. The minimum Gasteiger partial charge on any atom is -0.357 e. The van der Waals surface area contributed by atoms with Crippen LogP contribution in [0.2, 0.25) is 5.02 Å². The molecule has 0 unspecified atom stereocenters. The van der Waals surface area contributed by atoms with Gasteiger partial charge in [-0.1, -0.05) is 54.1 Å². The Hall–Kier alpha value is -1.91. The summed E-state index contributed by atoms with van der Waals surface area (Å²) in [5.41, 5.74) is 5.85. The van der Waals surface area contributed by atoms with Crippen molar-refractivity contribution >= 4 is 34.6 Å². The highest BCUT2D eigenvalue weighted by atomic mass is 35.5. The van der Waals surface area contributed by atoms with Crippen LogP contribution in [0.4, 0.5) is 0 Å². The van der Waals surface area contributed by atoms with Crippen LogP contribution in [-0.2, 0) is 6.54 Å². The second kappa shape index (κ2) is 7.76. The fraction of sp³-hybridized carbons (Fsp3) is 0.125. The molecule has 0 saturated heterocycles. The van der Waals surface area contributed by atoms with Gasteiger partial charge in [0.25, 0.3) is 0 Å². The molecule has 0 radical (unpaired) electrons. The van der Waals surface area contributed by atoms with Crippen molar-refractivity contribution in [3.05, 3.63) is 70.7 Å². The molecule has 2 rings (SSSR count). The maximum absolute atomic E-state index is 5.86. The summed E-state index contributed by atoms with van der Waals surface area (Å²) in [6.07, 6.45) is 0. The fourth-order valence-electron chi connectivity index (χ4n) is 1.71. The number of thiocarbonyl (C=S) groups is 1. The van der Waals surface area contributed by atoms with Gasteiger partial charge in [-0.3, -0.25) is 5.43 Å². The van der Waals surface area contributed by atoms with Gasteiger partial charge in [0.2, 0.25) is 0 Å². The number of benzene rings is 2. The van der Waals surface area contributed by atoms with Gasteiger partial charge in [0.1, 0.15) is 0 Å². The third-order valence-corrected chi connectivity index (χ3v) is 3.37. The van der Waals surface area contributed by atoms with Crippen molar-refractivity contribution in [3.8, 4) is 0 Å². The van der Waals surface area contributed by atoms with Gasteiger partial charge in [0.05, 0.1) is 5.71 Å². The summed E-state index contributed by atoms with van der Waals surface area (Å²) in [5, 5.41) is 8.56. The van der Waals surface area contributed by atoms with E-state index in [-0.39, 0.29) is 0 Å². The summed E-state index contributed by atoms with van der Waals surface area (Å²) in [4.78, 5) is 0. The lowest BCUT2D eigenvalue weighted by atomic mass is 10.1. The number of rotatable bonds is 4. The van der Waals surface area contributed by atoms with Crippen LogP contribution in [-0.4, -0.2) is 10.8 Å². The molecule has 0 spiro atoms. The van der Waals surface area contributed by atoms with E-state index in [0.717, 1.165) is 11.3 Å². The third kappa shape index (κ3) is 5.17. The van der Waals surface area contributed by atoms with Crippen molar-refractivity contribution in [1.82, 2.24) is 10.7 Å². The molecule has 0 aliphatic heterocycles. The Balaban J connectivity index is 1.85. The molecule has 0 fully saturated rings. The summed E-state index contributed by atoms with van der Waals surface area (Å²) in [6.45, 7) is 2.58. The second-order valence-electron chi connectivity index (χ2n) is 4.48. The van der Waals surface area contributed by atoms with E-state index in [0.29, 0.717) is 16.7 Å². The molecule has 2 aromatic carbocycles. The van der Waals surface area contributed by atoms with Crippen molar-refractivity contribution in [2.75, 3.05) is 0 Å². The molecular weight excluding hydrogens is 302 g/mol. The maximum Gasteiger partial charge on any atom is 0.187 e. The second-order valence-corrected chi connectivity index (χ2v) is 5.33. The summed E-state index contributed by atoms with van der Waals surface area (Å²) in [7, 11) is 0. The highest BCUT2D eigenvalue weighted by molar-refractivity contribution is 7.80. The standard InChI is InChI=1S/C16H16ClN3S/c1-12(14-7-9-15(17)10-8-14)19-20-16(21)18-11-13-5-3-2-4-6-13/h2-10H,11H2,1H3,(H2,18,20,21)/b19-12-.